The first-order valence-electron chi connectivity index (χ1n) is 10.3. The summed E-state index contributed by atoms with van der Waals surface area (Å²) >= 11 is 0. The molecule has 1 N–H and O–H groups in total. The molecule has 10 heteroatoms. The summed E-state index contributed by atoms with van der Waals surface area (Å²) in [5, 5.41) is 9.40. The van der Waals surface area contributed by atoms with Gasteiger partial charge in [0.1, 0.15) is 10.7 Å². The third-order valence-corrected chi connectivity index (χ3v) is 7.27. The average Bonchev–Trinajstić information content (AvgIpc) is 3.48. The molecule has 2 aromatic heterocycles. The van der Waals surface area contributed by atoms with Crippen LogP contribution in [0.3, 0.4) is 0 Å². The number of nitrogens with one attached hydrogen (secondary N) is 1. The second kappa shape index (κ2) is 7.72. The maximum atomic E-state index is 13.3. The van der Waals surface area contributed by atoms with Crippen molar-refractivity contribution < 1.29 is 12.8 Å². The van der Waals surface area contributed by atoms with E-state index in [-0.39, 0.29) is 16.8 Å². The van der Waals surface area contributed by atoms with Crippen LogP contribution in [-0.4, -0.2) is 47.1 Å². The van der Waals surface area contributed by atoms with Crippen LogP contribution in [-0.2, 0) is 17.1 Å². The van der Waals surface area contributed by atoms with Crippen LogP contribution in [0.1, 0.15) is 12.0 Å². The molecule has 8 nitrogen and oxygen atoms in total. The van der Waals surface area contributed by atoms with Gasteiger partial charge in [0.15, 0.2) is 0 Å². The predicted octanol–water partition coefficient (Wildman–Crippen LogP) is 2.76. The highest BCUT2D eigenvalue weighted by Gasteiger charge is 2.29. The van der Waals surface area contributed by atoms with Crippen LogP contribution in [0, 0.1) is 12.7 Å². The lowest BCUT2D eigenvalue weighted by atomic mass is 10.1. The Morgan fingerprint density at radius 1 is 1.12 bits per heavy atom. The number of aryl methyl sites for hydroxylation is 2. The zero-order valence-electron chi connectivity index (χ0n) is 17.7. The van der Waals surface area contributed by atoms with E-state index in [9.17, 15) is 12.8 Å². The molecule has 166 valence electrons. The number of fused-ring (bicyclic) bond motifs is 1. The van der Waals surface area contributed by atoms with Crippen molar-refractivity contribution >= 4 is 26.6 Å². The lowest BCUT2D eigenvalue weighted by Crippen LogP contribution is -2.37. The Labute approximate surface area is 185 Å². The Hall–Kier alpha value is -3.24. The Balaban J connectivity index is 1.37. The fourth-order valence-electron chi connectivity index (χ4n) is 4.20. The van der Waals surface area contributed by atoms with Gasteiger partial charge in [0.05, 0.1) is 23.6 Å². The van der Waals surface area contributed by atoms with Crippen molar-refractivity contribution in [3.05, 3.63) is 66.4 Å². The molecule has 32 heavy (non-hydrogen) atoms. The molecular formula is C22H23FN6O2S. The standard InChI is InChI=1S/C22H23FN6O2S/c1-15-9-22-16(11-25-29(22)19-5-3-17(23)4-6-19)10-21(15)28-8-7-18(13-28)26-32(30,31)20-12-24-27(2)14-20/h3-6,9-12,14,18,26H,7-8,13H2,1-2H3. The van der Waals surface area contributed by atoms with Crippen molar-refractivity contribution in [1.82, 2.24) is 24.3 Å². The molecule has 4 aromatic rings. The van der Waals surface area contributed by atoms with Crippen LogP contribution in [0.2, 0.25) is 0 Å². The maximum absolute atomic E-state index is 13.3. The van der Waals surface area contributed by atoms with Gasteiger partial charge in [-0.15, -0.1) is 0 Å². The monoisotopic (exact) mass is 454 g/mol. The molecule has 0 spiro atoms. The van der Waals surface area contributed by atoms with Gasteiger partial charge in [-0.1, -0.05) is 0 Å². The summed E-state index contributed by atoms with van der Waals surface area (Å²) in [7, 11) is -1.92. The molecule has 0 bridgehead atoms. The van der Waals surface area contributed by atoms with E-state index < -0.39 is 10.0 Å². The summed E-state index contributed by atoms with van der Waals surface area (Å²) in [5.41, 5.74) is 3.85. The van der Waals surface area contributed by atoms with E-state index in [4.69, 9.17) is 0 Å². The van der Waals surface area contributed by atoms with Crippen LogP contribution in [0.25, 0.3) is 16.6 Å². The van der Waals surface area contributed by atoms with E-state index in [1.807, 2.05) is 6.92 Å². The molecule has 0 aliphatic carbocycles. The minimum absolute atomic E-state index is 0.171. The van der Waals surface area contributed by atoms with Crippen molar-refractivity contribution in [3.63, 3.8) is 0 Å². The maximum Gasteiger partial charge on any atom is 0.244 e. The van der Waals surface area contributed by atoms with Crippen LogP contribution in [0.15, 0.2) is 59.9 Å². The molecule has 1 atom stereocenters. The fraction of sp³-hybridized carbons (Fsp3) is 0.273. The Kier molecular flexibility index (Phi) is 4.98. The molecule has 2 aromatic carbocycles. The third-order valence-electron chi connectivity index (χ3n) is 5.80. The molecule has 3 heterocycles. The Morgan fingerprint density at radius 2 is 1.91 bits per heavy atom. The molecule has 1 aliphatic rings. The highest BCUT2D eigenvalue weighted by Crippen LogP contribution is 2.30. The number of hydrogen-bond acceptors (Lipinski definition) is 5. The molecule has 1 saturated heterocycles. The van der Waals surface area contributed by atoms with E-state index >= 15 is 0 Å². The topological polar surface area (TPSA) is 85.1 Å². The first kappa shape index (κ1) is 20.7. The zero-order chi connectivity index (χ0) is 22.5. The van der Waals surface area contributed by atoms with Crippen molar-refractivity contribution in [3.8, 4) is 5.69 Å². The van der Waals surface area contributed by atoms with Crippen LogP contribution in [0.5, 0.6) is 0 Å². The van der Waals surface area contributed by atoms with E-state index in [1.165, 1.54) is 29.2 Å². The third kappa shape index (κ3) is 3.76. The normalized spacial score (nSPS) is 16.8. The van der Waals surface area contributed by atoms with Gasteiger partial charge in [0.2, 0.25) is 10.0 Å². The number of nitrogens with zero attached hydrogens (tertiary/aromatic N) is 5. The minimum atomic E-state index is -3.60. The van der Waals surface area contributed by atoms with Gasteiger partial charge < -0.3 is 4.90 Å². The molecule has 5 rings (SSSR count). The van der Waals surface area contributed by atoms with Gasteiger partial charge >= 0.3 is 0 Å². The number of halogens is 1. The van der Waals surface area contributed by atoms with Gasteiger partial charge in [-0.25, -0.2) is 22.2 Å². The average molecular weight is 455 g/mol. The second-order valence-electron chi connectivity index (χ2n) is 8.13. The number of rotatable bonds is 5. The van der Waals surface area contributed by atoms with Crippen LogP contribution >= 0.6 is 0 Å². The highest BCUT2D eigenvalue weighted by atomic mass is 32.2. The molecule has 1 aliphatic heterocycles. The van der Waals surface area contributed by atoms with E-state index in [0.717, 1.165) is 34.4 Å². The number of anilines is 1. The molecule has 0 radical (unpaired) electrons. The largest absolute Gasteiger partial charge is 0.370 e. The highest BCUT2D eigenvalue weighted by molar-refractivity contribution is 7.89. The smallest absolute Gasteiger partial charge is 0.244 e. The number of hydrogen-bond donors (Lipinski definition) is 1. The van der Waals surface area contributed by atoms with Crippen molar-refractivity contribution in [2.24, 2.45) is 7.05 Å². The van der Waals surface area contributed by atoms with Crippen LogP contribution in [0.4, 0.5) is 10.1 Å². The van der Waals surface area contributed by atoms with Gasteiger partial charge in [-0.2, -0.15) is 10.2 Å². The number of benzene rings is 2. The molecule has 1 unspecified atom stereocenters. The van der Waals surface area contributed by atoms with Gasteiger partial charge in [0.25, 0.3) is 0 Å². The fourth-order valence-corrected chi connectivity index (χ4v) is 5.44. The van der Waals surface area contributed by atoms with Gasteiger partial charge in [-0.3, -0.25) is 4.68 Å². The Bertz CT molecular complexity index is 1390. The number of aromatic nitrogens is 4. The minimum Gasteiger partial charge on any atom is -0.370 e. The number of sulfonamides is 1. The van der Waals surface area contributed by atoms with Crippen molar-refractivity contribution in [2.75, 3.05) is 18.0 Å². The SMILES string of the molecule is Cc1cc2c(cnn2-c2ccc(F)cc2)cc1N1CCC(NS(=O)(=O)c2cnn(C)c2)C1. The molecule has 0 saturated carbocycles. The van der Waals surface area contributed by atoms with Crippen LogP contribution < -0.4 is 9.62 Å². The first-order valence-corrected chi connectivity index (χ1v) is 11.8. The Morgan fingerprint density at radius 3 is 2.62 bits per heavy atom. The summed E-state index contributed by atoms with van der Waals surface area (Å²) in [6.45, 7) is 3.36. The summed E-state index contributed by atoms with van der Waals surface area (Å²) < 4.78 is 44.6. The lowest BCUT2D eigenvalue weighted by Gasteiger charge is -2.21. The van der Waals surface area contributed by atoms with E-state index in [0.29, 0.717) is 13.0 Å². The second-order valence-corrected chi connectivity index (χ2v) is 9.85. The summed E-state index contributed by atoms with van der Waals surface area (Å²) in [6.07, 6.45) is 5.35. The quantitative estimate of drug-likeness (QED) is 0.501. The van der Waals surface area contributed by atoms with E-state index in [1.54, 1.807) is 30.1 Å². The summed E-state index contributed by atoms with van der Waals surface area (Å²) in [6, 6.07) is 10.2. The zero-order valence-corrected chi connectivity index (χ0v) is 18.6. The molecular weight excluding hydrogens is 431 g/mol. The summed E-state index contributed by atoms with van der Waals surface area (Å²) in [4.78, 5) is 2.37. The molecule has 0 amide bonds. The summed E-state index contributed by atoms with van der Waals surface area (Å²) in [5.74, 6) is -0.286. The van der Waals surface area contributed by atoms with Gasteiger partial charge in [-0.05, 0) is 55.3 Å². The molecule has 1 fully saturated rings. The van der Waals surface area contributed by atoms with Crippen molar-refractivity contribution in [1.29, 1.82) is 0 Å². The first-order chi connectivity index (χ1) is 15.3. The predicted molar refractivity (Wildman–Crippen MR) is 120 cm³/mol. The van der Waals surface area contributed by atoms with Crippen molar-refractivity contribution in [2.45, 2.75) is 24.3 Å². The van der Waals surface area contributed by atoms with E-state index in [2.05, 4.69) is 32.0 Å². The van der Waals surface area contributed by atoms with Gasteiger partial charge in [0, 0.05) is 43.4 Å². The lowest BCUT2D eigenvalue weighted by molar-refractivity contribution is 0.561.